The van der Waals surface area contributed by atoms with Crippen LogP contribution in [0.2, 0.25) is 0 Å². The normalized spacial score (nSPS) is 10.4. The van der Waals surface area contributed by atoms with E-state index < -0.39 is 0 Å². The van der Waals surface area contributed by atoms with Crippen LogP contribution in [0, 0.1) is 18.3 Å². The van der Waals surface area contributed by atoms with Crippen molar-refractivity contribution in [3.05, 3.63) is 11.4 Å². The number of fused-ring (bicyclic) bond motifs is 1. The number of hydrogen-bond acceptors (Lipinski definition) is 6. The van der Waals surface area contributed by atoms with Gasteiger partial charge in [0, 0.05) is 6.92 Å². The molecule has 1 N–H and O–H groups in total. The SMILES string of the molecule is CCOc1nc(C)nc2[nH]c(SC(C)=O)c(C#N)c12. The Morgan fingerprint density at radius 1 is 1.53 bits per heavy atom. The molecule has 0 spiro atoms. The maximum atomic E-state index is 11.2. The summed E-state index contributed by atoms with van der Waals surface area (Å²) < 4.78 is 5.44. The van der Waals surface area contributed by atoms with Crippen molar-refractivity contribution in [1.82, 2.24) is 15.0 Å². The molecule has 19 heavy (non-hydrogen) atoms. The quantitative estimate of drug-likeness (QED) is 0.864. The van der Waals surface area contributed by atoms with E-state index in [2.05, 4.69) is 21.0 Å². The predicted octanol–water partition coefficient (Wildman–Crippen LogP) is 2.18. The fourth-order valence-electron chi connectivity index (χ4n) is 1.71. The van der Waals surface area contributed by atoms with E-state index in [0.29, 0.717) is 39.9 Å². The lowest BCUT2D eigenvalue weighted by atomic mass is 10.2. The van der Waals surface area contributed by atoms with Gasteiger partial charge in [-0.05, 0) is 25.6 Å². The zero-order valence-corrected chi connectivity index (χ0v) is 11.6. The van der Waals surface area contributed by atoms with Crippen LogP contribution in [-0.2, 0) is 4.79 Å². The van der Waals surface area contributed by atoms with Crippen molar-refractivity contribution in [2.45, 2.75) is 25.8 Å². The molecule has 0 fully saturated rings. The zero-order valence-electron chi connectivity index (χ0n) is 10.8. The van der Waals surface area contributed by atoms with Crippen LogP contribution >= 0.6 is 11.8 Å². The number of aryl methyl sites for hydroxylation is 1. The third-order valence-electron chi connectivity index (χ3n) is 2.34. The van der Waals surface area contributed by atoms with E-state index in [0.717, 1.165) is 11.8 Å². The fraction of sp³-hybridized carbons (Fsp3) is 0.333. The van der Waals surface area contributed by atoms with Crippen molar-refractivity contribution in [3.63, 3.8) is 0 Å². The average Bonchev–Trinajstić information content (AvgIpc) is 2.65. The van der Waals surface area contributed by atoms with E-state index in [1.807, 2.05) is 6.92 Å². The Bertz CT molecular complexity index is 687. The van der Waals surface area contributed by atoms with Gasteiger partial charge in [0.1, 0.15) is 22.6 Å². The third-order valence-corrected chi connectivity index (χ3v) is 3.13. The summed E-state index contributed by atoms with van der Waals surface area (Å²) in [5.74, 6) is 0.911. The molecule has 0 amide bonds. The molecule has 0 aliphatic carbocycles. The lowest BCUT2D eigenvalue weighted by Gasteiger charge is -2.04. The minimum Gasteiger partial charge on any atom is -0.477 e. The van der Waals surface area contributed by atoms with Gasteiger partial charge in [0.15, 0.2) is 5.12 Å². The Morgan fingerprint density at radius 3 is 2.84 bits per heavy atom. The minimum absolute atomic E-state index is 0.106. The van der Waals surface area contributed by atoms with Gasteiger partial charge in [-0.2, -0.15) is 10.2 Å². The van der Waals surface area contributed by atoms with E-state index in [-0.39, 0.29) is 5.12 Å². The summed E-state index contributed by atoms with van der Waals surface area (Å²) >= 11 is 0.968. The van der Waals surface area contributed by atoms with Gasteiger partial charge in [-0.1, -0.05) is 0 Å². The van der Waals surface area contributed by atoms with Gasteiger partial charge in [-0.3, -0.25) is 4.79 Å². The maximum Gasteiger partial charge on any atom is 0.227 e. The molecule has 2 aromatic heterocycles. The number of nitriles is 1. The van der Waals surface area contributed by atoms with Crippen LogP contribution in [0.3, 0.4) is 0 Å². The molecule has 6 nitrogen and oxygen atoms in total. The summed E-state index contributed by atoms with van der Waals surface area (Å²) in [6, 6.07) is 2.08. The number of aromatic amines is 1. The molecule has 0 radical (unpaired) electrons. The molecule has 0 atom stereocenters. The van der Waals surface area contributed by atoms with E-state index in [9.17, 15) is 10.1 Å². The molecule has 7 heteroatoms. The predicted molar refractivity (Wildman–Crippen MR) is 71.0 cm³/mol. The van der Waals surface area contributed by atoms with Crippen LogP contribution in [0.1, 0.15) is 25.2 Å². The van der Waals surface area contributed by atoms with Gasteiger partial charge < -0.3 is 9.72 Å². The zero-order chi connectivity index (χ0) is 14.0. The second-order valence-corrected chi connectivity index (χ2v) is 4.95. The molecule has 0 saturated heterocycles. The highest BCUT2D eigenvalue weighted by atomic mass is 32.2. The number of nitrogens with zero attached hydrogens (tertiary/aromatic N) is 3. The molecular weight excluding hydrogens is 264 g/mol. The summed E-state index contributed by atoms with van der Waals surface area (Å²) in [4.78, 5) is 22.6. The minimum atomic E-state index is -0.106. The first-order valence-corrected chi connectivity index (χ1v) is 6.50. The molecule has 0 saturated carbocycles. The highest BCUT2D eigenvalue weighted by Gasteiger charge is 2.19. The number of thioether (sulfide) groups is 1. The van der Waals surface area contributed by atoms with Gasteiger partial charge in [0.05, 0.1) is 17.6 Å². The monoisotopic (exact) mass is 276 g/mol. The number of hydrogen-bond donors (Lipinski definition) is 1. The molecule has 0 aliphatic rings. The van der Waals surface area contributed by atoms with Crippen LogP contribution in [0.4, 0.5) is 0 Å². The van der Waals surface area contributed by atoms with Gasteiger partial charge in [-0.25, -0.2) is 4.98 Å². The van der Waals surface area contributed by atoms with Crippen LogP contribution in [0.25, 0.3) is 11.0 Å². The summed E-state index contributed by atoms with van der Waals surface area (Å²) in [7, 11) is 0. The Balaban J connectivity index is 2.72. The van der Waals surface area contributed by atoms with Gasteiger partial charge in [0.25, 0.3) is 0 Å². The van der Waals surface area contributed by atoms with Crippen LogP contribution < -0.4 is 4.74 Å². The van der Waals surface area contributed by atoms with Gasteiger partial charge >= 0.3 is 0 Å². The third kappa shape index (κ3) is 2.53. The Morgan fingerprint density at radius 2 is 2.26 bits per heavy atom. The summed E-state index contributed by atoms with van der Waals surface area (Å²) in [6.45, 7) is 5.47. The highest BCUT2D eigenvalue weighted by Crippen LogP contribution is 2.33. The molecule has 2 aromatic rings. The van der Waals surface area contributed by atoms with Crippen LogP contribution in [0.5, 0.6) is 5.88 Å². The summed E-state index contributed by atoms with van der Waals surface area (Å²) in [5.41, 5.74) is 0.856. The lowest BCUT2D eigenvalue weighted by Crippen LogP contribution is -1.98. The molecule has 98 valence electrons. The molecule has 0 bridgehead atoms. The number of nitrogens with one attached hydrogen (secondary N) is 1. The van der Waals surface area contributed by atoms with Crippen LogP contribution in [-0.4, -0.2) is 26.7 Å². The number of rotatable bonds is 3. The highest BCUT2D eigenvalue weighted by molar-refractivity contribution is 8.13. The molecular formula is C12H12N4O2S. The first kappa shape index (κ1) is 13.4. The Labute approximate surface area is 114 Å². The average molecular weight is 276 g/mol. The van der Waals surface area contributed by atoms with Gasteiger partial charge in [-0.15, -0.1) is 0 Å². The lowest BCUT2D eigenvalue weighted by molar-refractivity contribution is -0.109. The maximum absolute atomic E-state index is 11.2. The first-order chi connectivity index (χ1) is 9.06. The molecule has 2 heterocycles. The number of carbonyl (C=O) groups is 1. The van der Waals surface area contributed by atoms with Crippen molar-refractivity contribution >= 4 is 27.9 Å². The number of aromatic nitrogens is 3. The standard InChI is InChI=1S/C12H12N4O2S/c1-4-18-11-9-8(5-13)12(19-7(3)17)16-10(9)14-6(2)15-11/h4H2,1-3H3,(H,14,15,16). The van der Waals surface area contributed by atoms with Gasteiger partial charge in [0.2, 0.25) is 5.88 Å². The second kappa shape index (κ2) is 5.28. The molecule has 0 aliphatic heterocycles. The van der Waals surface area contributed by atoms with Crippen molar-refractivity contribution in [3.8, 4) is 11.9 Å². The second-order valence-electron chi connectivity index (χ2n) is 3.77. The first-order valence-electron chi connectivity index (χ1n) is 5.68. The van der Waals surface area contributed by atoms with Crippen molar-refractivity contribution in [1.29, 1.82) is 5.26 Å². The topological polar surface area (TPSA) is 91.7 Å². The smallest absolute Gasteiger partial charge is 0.227 e. The summed E-state index contributed by atoms with van der Waals surface area (Å²) in [6.07, 6.45) is 0. The van der Waals surface area contributed by atoms with Crippen molar-refractivity contribution in [2.24, 2.45) is 0 Å². The Hall–Kier alpha value is -2.07. The Kier molecular flexibility index (Phi) is 3.71. The van der Waals surface area contributed by atoms with Crippen molar-refractivity contribution < 1.29 is 9.53 Å². The van der Waals surface area contributed by atoms with E-state index in [1.165, 1.54) is 6.92 Å². The van der Waals surface area contributed by atoms with Crippen LogP contribution in [0.15, 0.2) is 5.03 Å². The fourth-order valence-corrected chi connectivity index (χ4v) is 2.40. The molecule has 2 rings (SSSR count). The summed E-state index contributed by atoms with van der Waals surface area (Å²) in [5, 5.41) is 10.2. The molecule has 0 unspecified atom stereocenters. The van der Waals surface area contributed by atoms with Crippen molar-refractivity contribution in [2.75, 3.05) is 6.61 Å². The van der Waals surface area contributed by atoms with E-state index in [1.54, 1.807) is 6.92 Å². The number of carbonyl (C=O) groups excluding carboxylic acids is 1. The van der Waals surface area contributed by atoms with E-state index in [4.69, 9.17) is 4.74 Å². The largest absolute Gasteiger partial charge is 0.477 e. The molecule has 0 aromatic carbocycles. The number of H-pyrrole nitrogens is 1. The van der Waals surface area contributed by atoms with E-state index >= 15 is 0 Å². The number of ether oxygens (including phenoxy) is 1.